The summed E-state index contributed by atoms with van der Waals surface area (Å²) in [7, 11) is 0. The quantitative estimate of drug-likeness (QED) is 0.393. The van der Waals surface area contributed by atoms with Gasteiger partial charge in [0.1, 0.15) is 0 Å². The molecule has 0 aliphatic heterocycles. The monoisotopic (exact) mass is 379 g/mol. The van der Waals surface area contributed by atoms with E-state index in [1.165, 1.54) is 77.0 Å². The molecule has 0 aromatic heterocycles. The highest BCUT2D eigenvalue weighted by atomic mass is 14.0. The van der Waals surface area contributed by atoms with E-state index in [0.29, 0.717) is 0 Å². The molecule has 3 fully saturated rings. The first-order valence-corrected chi connectivity index (χ1v) is 13.0. The summed E-state index contributed by atoms with van der Waals surface area (Å²) in [6.45, 7) is 28.0. The van der Waals surface area contributed by atoms with E-state index in [1.54, 1.807) is 0 Å². The van der Waals surface area contributed by atoms with Crippen LogP contribution in [0.4, 0.5) is 0 Å². The molecule has 0 heterocycles. The molecule has 3 rings (SSSR count). The van der Waals surface area contributed by atoms with Crippen molar-refractivity contribution in [2.45, 2.75) is 174 Å². The van der Waals surface area contributed by atoms with Crippen molar-refractivity contribution < 1.29 is 0 Å². The minimum absolute atomic E-state index is 1.50. The Balaban J connectivity index is -0.0000000318. The largest absolute Gasteiger partial charge is 0.0683 e. The van der Waals surface area contributed by atoms with Crippen LogP contribution in [0.25, 0.3) is 0 Å². The SMILES string of the molecule is C1CCC1.C1CCC1.C1CCC1.CC.CC.CC.CC.CC.CC.CC. The molecular formula is C26H66. The normalized spacial score (nSPS) is 12.7. The lowest BCUT2D eigenvalue weighted by Gasteiger charge is -2.05. The Morgan fingerprint density at radius 2 is 0.192 bits per heavy atom. The molecule has 0 N–H and O–H groups in total. The van der Waals surface area contributed by atoms with Gasteiger partial charge in [-0.15, -0.1) is 0 Å². The van der Waals surface area contributed by atoms with Gasteiger partial charge in [0, 0.05) is 0 Å². The van der Waals surface area contributed by atoms with Gasteiger partial charge < -0.3 is 0 Å². The Morgan fingerprint density at radius 1 is 0.154 bits per heavy atom. The van der Waals surface area contributed by atoms with Crippen molar-refractivity contribution in [3.63, 3.8) is 0 Å². The number of rotatable bonds is 0. The van der Waals surface area contributed by atoms with Crippen molar-refractivity contribution in [3.8, 4) is 0 Å². The molecule has 0 saturated heterocycles. The third-order valence-electron chi connectivity index (χ3n) is 3.00. The minimum Gasteiger partial charge on any atom is -0.0683 e. The van der Waals surface area contributed by atoms with Gasteiger partial charge in [0.15, 0.2) is 0 Å². The van der Waals surface area contributed by atoms with Crippen LogP contribution >= 0.6 is 0 Å². The second-order valence-electron chi connectivity index (χ2n) is 4.24. The summed E-state index contributed by atoms with van der Waals surface area (Å²) in [5.41, 5.74) is 0. The van der Waals surface area contributed by atoms with E-state index in [4.69, 9.17) is 0 Å². The van der Waals surface area contributed by atoms with Gasteiger partial charge in [-0.05, 0) is 0 Å². The highest BCUT2D eigenvalue weighted by molar-refractivity contribution is 4.51. The van der Waals surface area contributed by atoms with E-state index in [2.05, 4.69) is 0 Å². The summed E-state index contributed by atoms with van der Waals surface area (Å²) >= 11 is 0. The first-order chi connectivity index (χ1) is 13.0. The van der Waals surface area contributed by atoms with Gasteiger partial charge in [0.05, 0.1) is 0 Å². The molecule has 0 aromatic carbocycles. The molecule has 0 amide bonds. The zero-order chi connectivity index (χ0) is 22.5. The van der Waals surface area contributed by atoms with Crippen molar-refractivity contribution in [3.05, 3.63) is 0 Å². The number of hydrogen-bond donors (Lipinski definition) is 0. The highest BCUT2D eigenvalue weighted by Gasteiger charge is 1.96. The van der Waals surface area contributed by atoms with Crippen molar-refractivity contribution in [2.75, 3.05) is 0 Å². The summed E-state index contributed by atoms with van der Waals surface area (Å²) in [5.74, 6) is 0. The summed E-state index contributed by atoms with van der Waals surface area (Å²) in [5, 5.41) is 0. The first kappa shape index (κ1) is 45.0. The van der Waals surface area contributed by atoms with E-state index in [9.17, 15) is 0 Å². The van der Waals surface area contributed by atoms with Gasteiger partial charge in [-0.3, -0.25) is 0 Å². The summed E-state index contributed by atoms with van der Waals surface area (Å²) < 4.78 is 0. The summed E-state index contributed by atoms with van der Waals surface area (Å²) in [6.07, 6.45) is 18.0. The van der Waals surface area contributed by atoms with Gasteiger partial charge in [0.25, 0.3) is 0 Å². The molecule has 3 saturated carbocycles. The maximum atomic E-state index is 2.00. The Labute approximate surface area is 174 Å². The average molecular weight is 379 g/mol. The highest BCUT2D eigenvalue weighted by Crippen LogP contribution is 2.15. The van der Waals surface area contributed by atoms with Crippen LogP contribution in [0.5, 0.6) is 0 Å². The molecular weight excluding hydrogens is 312 g/mol. The topological polar surface area (TPSA) is 0 Å². The van der Waals surface area contributed by atoms with Crippen molar-refractivity contribution in [2.24, 2.45) is 0 Å². The predicted octanol–water partition coefficient (Wildman–Crippen LogP) is 11.9. The fourth-order valence-corrected chi connectivity index (χ4v) is 0.750. The summed E-state index contributed by atoms with van der Waals surface area (Å²) in [4.78, 5) is 0. The van der Waals surface area contributed by atoms with Crippen LogP contribution in [0.15, 0.2) is 0 Å². The molecule has 170 valence electrons. The zero-order valence-electron chi connectivity index (χ0n) is 22.5. The Kier molecular flexibility index (Phi) is 173. The van der Waals surface area contributed by atoms with E-state index in [1.807, 2.05) is 96.9 Å². The third-order valence-corrected chi connectivity index (χ3v) is 3.00. The second-order valence-corrected chi connectivity index (χ2v) is 4.24. The maximum Gasteiger partial charge on any atom is -0.0533 e. The van der Waals surface area contributed by atoms with Crippen LogP contribution in [-0.2, 0) is 0 Å². The van der Waals surface area contributed by atoms with Crippen LogP contribution in [0.1, 0.15) is 174 Å². The minimum atomic E-state index is 1.50. The molecule has 0 nitrogen and oxygen atoms in total. The molecule has 0 spiro atoms. The van der Waals surface area contributed by atoms with E-state index in [0.717, 1.165) is 0 Å². The second kappa shape index (κ2) is 100. The molecule has 0 atom stereocenters. The van der Waals surface area contributed by atoms with Crippen LogP contribution in [-0.4, -0.2) is 0 Å². The predicted molar refractivity (Wildman–Crippen MR) is 135 cm³/mol. The van der Waals surface area contributed by atoms with E-state index < -0.39 is 0 Å². The molecule has 0 aromatic rings. The van der Waals surface area contributed by atoms with Crippen molar-refractivity contribution >= 4 is 0 Å². The smallest absolute Gasteiger partial charge is 0.0533 e. The van der Waals surface area contributed by atoms with Crippen LogP contribution < -0.4 is 0 Å². The lowest BCUT2D eigenvalue weighted by molar-refractivity contribution is 0.504. The molecule has 0 unspecified atom stereocenters. The van der Waals surface area contributed by atoms with Gasteiger partial charge in [-0.1, -0.05) is 174 Å². The Morgan fingerprint density at radius 3 is 0.192 bits per heavy atom. The number of hydrogen-bond acceptors (Lipinski definition) is 0. The summed E-state index contributed by atoms with van der Waals surface area (Å²) in [6, 6.07) is 0. The van der Waals surface area contributed by atoms with Gasteiger partial charge in [-0.2, -0.15) is 0 Å². The fourth-order valence-electron chi connectivity index (χ4n) is 0.750. The maximum absolute atomic E-state index is 2.00. The zero-order valence-corrected chi connectivity index (χ0v) is 22.5. The van der Waals surface area contributed by atoms with Gasteiger partial charge in [0.2, 0.25) is 0 Å². The third kappa shape index (κ3) is 88.2. The van der Waals surface area contributed by atoms with Crippen molar-refractivity contribution in [1.82, 2.24) is 0 Å². The molecule has 0 radical (unpaired) electrons. The van der Waals surface area contributed by atoms with Crippen LogP contribution in [0, 0.1) is 0 Å². The molecule has 3 aliphatic rings. The molecule has 3 aliphatic carbocycles. The van der Waals surface area contributed by atoms with Crippen LogP contribution in [0.3, 0.4) is 0 Å². The standard InChI is InChI=1S/3C4H8.7C2H6/c3*1-2-4-3-1;7*1-2/h3*1-4H2;7*1-2H3. The lowest BCUT2D eigenvalue weighted by Crippen LogP contribution is -1.85. The fraction of sp³-hybridized carbons (Fsp3) is 1.00. The molecule has 0 heteroatoms. The van der Waals surface area contributed by atoms with E-state index in [-0.39, 0.29) is 0 Å². The van der Waals surface area contributed by atoms with Crippen LogP contribution in [0.2, 0.25) is 0 Å². The lowest BCUT2D eigenvalue weighted by atomic mass is 10.0. The Hall–Kier alpha value is 0. The molecule has 0 bridgehead atoms. The van der Waals surface area contributed by atoms with Gasteiger partial charge >= 0.3 is 0 Å². The molecule has 26 heavy (non-hydrogen) atoms. The van der Waals surface area contributed by atoms with Crippen molar-refractivity contribution in [1.29, 1.82) is 0 Å². The first-order valence-electron chi connectivity index (χ1n) is 13.0. The average Bonchev–Trinajstić information content (AvgIpc) is 2.62. The van der Waals surface area contributed by atoms with E-state index >= 15 is 0 Å². The Bertz CT molecular complexity index is 43.0. The van der Waals surface area contributed by atoms with Gasteiger partial charge in [-0.25, -0.2) is 0 Å².